The number of aryl methyl sites for hydroxylation is 2. The van der Waals surface area contributed by atoms with E-state index in [2.05, 4.69) is 29.4 Å². The molecule has 0 fully saturated rings. The van der Waals surface area contributed by atoms with Crippen LogP contribution in [0.2, 0.25) is 0 Å². The van der Waals surface area contributed by atoms with Crippen LogP contribution >= 0.6 is 0 Å². The zero-order valence-electron chi connectivity index (χ0n) is 10.8. The molecule has 17 heavy (non-hydrogen) atoms. The van der Waals surface area contributed by atoms with Crippen LogP contribution in [0.25, 0.3) is 0 Å². The quantitative estimate of drug-likeness (QED) is 0.866. The fourth-order valence-electron chi connectivity index (χ4n) is 1.89. The lowest BCUT2D eigenvalue weighted by Crippen LogP contribution is -2.20. The van der Waals surface area contributed by atoms with E-state index in [1.807, 2.05) is 41.9 Å². The molecule has 2 aromatic rings. The molecule has 0 aromatic carbocycles. The van der Waals surface area contributed by atoms with E-state index in [-0.39, 0.29) is 6.04 Å². The molecule has 0 spiro atoms. The second kappa shape index (κ2) is 4.71. The standard InChI is InChI=1S/C12H19N5/c1-9(12-5-6-14-17(12)4)13-7-11-8-15-16(3)10(11)2/h5-6,8-9,13H,7H2,1-4H3. The van der Waals surface area contributed by atoms with Gasteiger partial charge in [-0.25, -0.2) is 0 Å². The third-order valence-electron chi connectivity index (χ3n) is 3.24. The van der Waals surface area contributed by atoms with Crippen molar-refractivity contribution in [3.63, 3.8) is 0 Å². The third-order valence-corrected chi connectivity index (χ3v) is 3.24. The summed E-state index contributed by atoms with van der Waals surface area (Å²) < 4.78 is 3.79. The first kappa shape index (κ1) is 11.9. The Morgan fingerprint density at radius 2 is 2.06 bits per heavy atom. The van der Waals surface area contributed by atoms with Gasteiger partial charge in [-0.2, -0.15) is 10.2 Å². The van der Waals surface area contributed by atoms with Crippen LogP contribution < -0.4 is 5.32 Å². The number of hydrogen-bond acceptors (Lipinski definition) is 3. The molecule has 0 saturated heterocycles. The van der Waals surface area contributed by atoms with Crippen molar-refractivity contribution in [1.82, 2.24) is 24.9 Å². The minimum Gasteiger partial charge on any atom is -0.305 e. The molecule has 92 valence electrons. The predicted molar refractivity (Wildman–Crippen MR) is 66.4 cm³/mol. The molecule has 0 aliphatic carbocycles. The Morgan fingerprint density at radius 1 is 1.29 bits per heavy atom. The van der Waals surface area contributed by atoms with Crippen molar-refractivity contribution in [2.24, 2.45) is 14.1 Å². The van der Waals surface area contributed by atoms with Crippen LogP contribution in [0.15, 0.2) is 18.5 Å². The van der Waals surface area contributed by atoms with E-state index in [1.165, 1.54) is 17.0 Å². The summed E-state index contributed by atoms with van der Waals surface area (Å²) in [5.41, 5.74) is 3.63. The highest BCUT2D eigenvalue weighted by molar-refractivity contribution is 5.16. The fourth-order valence-corrected chi connectivity index (χ4v) is 1.89. The first-order valence-electron chi connectivity index (χ1n) is 5.78. The molecule has 0 aliphatic heterocycles. The van der Waals surface area contributed by atoms with Crippen LogP contribution in [-0.2, 0) is 20.6 Å². The van der Waals surface area contributed by atoms with E-state index in [9.17, 15) is 0 Å². The summed E-state index contributed by atoms with van der Waals surface area (Å²) in [4.78, 5) is 0. The highest BCUT2D eigenvalue weighted by Gasteiger charge is 2.10. The number of aromatic nitrogens is 4. The topological polar surface area (TPSA) is 47.7 Å². The summed E-state index contributed by atoms with van der Waals surface area (Å²) in [5.74, 6) is 0. The van der Waals surface area contributed by atoms with Gasteiger partial charge in [0.05, 0.1) is 11.9 Å². The Kier molecular flexibility index (Phi) is 3.28. The van der Waals surface area contributed by atoms with Crippen LogP contribution in [-0.4, -0.2) is 19.6 Å². The molecule has 0 aliphatic rings. The summed E-state index contributed by atoms with van der Waals surface area (Å²) in [6, 6.07) is 2.32. The van der Waals surface area contributed by atoms with Crippen LogP contribution in [0.1, 0.15) is 29.9 Å². The van der Waals surface area contributed by atoms with E-state index in [1.54, 1.807) is 0 Å². The van der Waals surface area contributed by atoms with Gasteiger partial charge in [0.25, 0.3) is 0 Å². The number of rotatable bonds is 4. The molecule has 0 amide bonds. The van der Waals surface area contributed by atoms with Gasteiger partial charge in [0.15, 0.2) is 0 Å². The van der Waals surface area contributed by atoms with E-state index in [4.69, 9.17) is 0 Å². The molecular weight excluding hydrogens is 214 g/mol. The van der Waals surface area contributed by atoms with Crippen LogP contribution in [0.4, 0.5) is 0 Å². The lowest BCUT2D eigenvalue weighted by Gasteiger charge is -2.13. The zero-order valence-corrected chi connectivity index (χ0v) is 10.8. The minimum absolute atomic E-state index is 0.280. The van der Waals surface area contributed by atoms with E-state index in [0.717, 1.165) is 6.54 Å². The Morgan fingerprint density at radius 3 is 2.59 bits per heavy atom. The largest absolute Gasteiger partial charge is 0.305 e. The summed E-state index contributed by atoms with van der Waals surface area (Å²) in [7, 11) is 3.92. The van der Waals surface area contributed by atoms with Crippen LogP contribution in [0.5, 0.6) is 0 Å². The maximum Gasteiger partial charge on any atom is 0.0547 e. The lowest BCUT2D eigenvalue weighted by atomic mass is 10.2. The van der Waals surface area contributed by atoms with Gasteiger partial charge in [0.1, 0.15) is 0 Å². The SMILES string of the molecule is Cc1c(CNC(C)c2ccnn2C)cnn1C. The molecule has 1 atom stereocenters. The zero-order chi connectivity index (χ0) is 12.4. The van der Waals surface area contributed by atoms with Gasteiger partial charge >= 0.3 is 0 Å². The summed E-state index contributed by atoms with van der Waals surface area (Å²) in [6.07, 6.45) is 3.74. The summed E-state index contributed by atoms with van der Waals surface area (Å²) >= 11 is 0. The van der Waals surface area contributed by atoms with Crippen molar-refractivity contribution in [3.05, 3.63) is 35.4 Å². The van der Waals surface area contributed by atoms with Gasteiger partial charge in [-0.3, -0.25) is 9.36 Å². The molecule has 5 heteroatoms. The first-order chi connectivity index (χ1) is 8.09. The Hall–Kier alpha value is -1.62. The second-order valence-corrected chi connectivity index (χ2v) is 4.36. The first-order valence-corrected chi connectivity index (χ1v) is 5.78. The summed E-state index contributed by atoms with van der Waals surface area (Å²) in [6.45, 7) is 5.05. The van der Waals surface area contributed by atoms with Crippen molar-refractivity contribution < 1.29 is 0 Å². The average molecular weight is 233 g/mol. The second-order valence-electron chi connectivity index (χ2n) is 4.36. The molecule has 5 nitrogen and oxygen atoms in total. The number of nitrogens with zero attached hydrogens (tertiary/aromatic N) is 4. The van der Waals surface area contributed by atoms with E-state index >= 15 is 0 Å². The van der Waals surface area contributed by atoms with Crippen LogP contribution in [0.3, 0.4) is 0 Å². The maximum atomic E-state index is 4.23. The molecule has 0 saturated carbocycles. The average Bonchev–Trinajstić information content (AvgIpc) is 2.85. The summed E-state index contributed by atoms with van der Waals surface area (Å²) in [5, 5.41) is 11.9. The highest BCUT2D eigenvalue weighted by Crippen LogP contribution is 2.12. The van der Waals surface area contributed by atoms with Crippen LogP contribution in [0, 0.1) is 6.92 Å². The monoisotopic (exact) mass is 233 g/mol. The number of hydrogen-bond donors (Lipinski definition) is 1. The maximum absolute atomic E-state index is 4.23. The van der Waals surface area contributed by atoms with Gasteiger partial charge in [-0.15, -0.1) is 0 Å². The minimum atomic E-state index is 0.280. The highest BCUT2D eigenvalue weighted by atomic mass is 15.3. The van der Waals surface area contributed by atoms with Gasteiger partial charge < -0.3 is 5.32 Å². The number of nitrogens with one attached hydrogen (secondary N) is 1. The Bertz CT molecular complexity index is 497. The Labute approximate surface area is 101 Å². The fraction of sp³-hybridized carbons (Fsp3) is 0.500. The van der Waals surface area contributed by atoms with E-state index in [0.29, 0.717) is 0 Å². The normalized spacial score (nSPS) is 12.9. The van der Waals surface area contributed by atoms with Gasteiger partial charge in [-0.05, 0) is 19.9 Å². The molecule has 2 rings (SSSR count). The predicted octanol–water partition coefficient (Wildman–Crippen LogP) is 1.31. The molecule has 2 heterocycles. The van der Waals surface area contributed by atoms with Crippen molar-refractivity contribution in [2.75, 3.05) is 0 Å². The van der Waals surface area contributed by atoms with Crippen molar-refractivity contribution >= 4 is 0 Å². The van der Waals surface area contributed by atoms with Gasteiger partial charge in [-0.1, -0.05) is 0 Å². The molecular formula is C12H19N5. The van der Waals surface area contributed by atoms with Crippen molar-refractivity contribution in [3.8, 4) is 0 Å². The van der Waals surface area contributed by atoms with Crippen molar-refractivity contribution in [1.29, 1.82) is 0 Å². The molecule has 2 aromatic heterocycles. The van der Waals surface area contributed by atoms with E-state index < -0.39 is 0 Å². The van der Waals surface area contributed by atoms with Gasteiger partial charge in [0, 0.05) is 44.1 Å². The van der Waals surface area contributed by atoms with Gasteiger partial charge in [0.2, 0.25) is 0 Å². The molecule has 1 unspecified atom stereocenters. The third kappa shape index (κ3) is 2.39. The lowest BCUT2D eigenvalue weighted by molar-refractivity contribution is 0.528. The smallest absolute Gasteiger partial charge is 0.0547 e. The molecule has 0 bridgehead atoms. The molecule has 0 radical (unpaired) electrons. The Balaban J connectivity index is 1.99. The molecule has 1 N–H and O–H groups in total. The van der Waals surface area contributed by atoms with Crippen molar-refractivity contribution in [2.45, 2.75) is 26.4 Å².